The minimum atomic E-state index is -0.353. The van der Waals surface area contributed by atoms with Crippen LogP contribution in [0, 0.1) is 11.3 Å². The Kier molecular flexibility index (Phi) is 6.19. The van der Waals surface area contributed by atoms with Crippen molar-refractivity contribution in [3.05, 3.63) is 65.7 Å². The van der Waals surface area contributed by atoms with Gasteiger partial charge in [0, 0.05) is 17.3 Å². The van der Waals surface area contributed by atoms with E-state index < -0.39 is 0 Å². The van der Waals surface area contributed by atoms with Gasteiger partial charge in [-0.3, -0.25) is 10.1 Å². The van der Waals surface area contributed by atoms with Gasteiger partial charge in [0.25, 0.3) is 5.91 Å². The Morgan fingerprint density at radius 1 is 1.19 bits per heavy atom. The highest BCUT2D eigenvalue weighted by Gasteiger charge is 2.10. The number of para-hydroxylation sites is 1. The van der Waals surface area contributed by atoms with Crippen molar-refractivity contribution in [3.63, 3.8) is 0 Å². The molecule has 130 valence electrons. The quantitative estimate of drug-likeness (QED) is 0.627. The van der Waals surface area contributed by atoms with Crippen LogP contribution in [0.1, 0.15) is 11.1 Å². The van der Waals surface area contributed by atoms with Crippen LogP contribution in [0.2, 0.25) is 0 Å². The molecule has 0 unspecified atom stereocenters. The summed E-state index contributed by atoms with van der Waals surface area (Å²) in [6.07, 6.45) is 0. The molecule has 0 saturated heterocycles. The third kappa shape index (κ3) is 5.05. The number of anilines is 1. The van der Waals surface area contributed by atoms with E-state index >= 15 is 0 Å². The molecule has 0 aliphatic heterocycles. The second-order valence-corrected chi connectivity index (χ2v) is 6.80. The Bertz CT molecular complexity index is 922. The van der Waals surface area contributed by atoms with Crippen LogP contribution < -0.4 is 10.1 Å². The first kappa shape index (κ1) is 17.9. The SMILES string of the molecule is N#Cc1ccccc1OCC(=O)Nc1nc(SCc2ccccc2)ns1. The van der Waals surface area contributed by atoms with Crippen molar-refractivity contribution in [2.24, 2.45) is 0 Å². The minimum absolute atomic E-state index is 0.204. The zero-order valence-corrected chi connectivity index (χ0v) is 15.2. The van der Waals surface area contributed by atoms with Crippen LogP contribution in [0.25, 0.3) is 0 Å². The number of nitriles is 1. The number of hydrogen-bond acceptors (Lipinski definition) is 7. The lowest BCUT2D eigenvalue weighted by molar-refractivity contribution is -0.118. The lowest BCUT2D eigenvalue weighted by Crippen LogP contribution is -2.20. The number of carbonyl (C=O) groups excluding carboxylic acids is 1. The van der Waals surface area contributed by atoms with Crippen molar-refractivity contribution in [2.75, 3.05) is 11.9 Å². The van der Waals surface area contributed by atoms with Crippen molar-refractivity contribution in [1.29, 1.82) is 5.26 Å². The molecular formula is C18H14N4O2S2. The highest BCUT2D eigenvalue weighted by molar-refractivity contribution is 7.98. The van der Waals surface area contributed by atoms with Gasteiger partial charge in [-0.2, -0.15) is 14.6 Å². The maximum absolute atomic E-state index is 12.0. The van der Waals surface area contributed by atoms with Gasteiger partial charge in [0.1, 0.15) is 11.8 Å². The van der Waals surface area contributed by atoms with Gasteiger partial charge >= 0.3 is 0 Å². The van der Waals surface area contributed by atoms with E-state index in [9.17, 15) is 4.79 Å². The number of ether oxygens (including phenoxy) is 1. The van der Waals surface area contributed by atoms with Crippen LogP contribution in [-0.4, -0.2) is 21.9 Å². The zero-order valence-electron chi connectivity index (χ0n) is 13.6. The largest absolute Gasteiger partial charge is 0.482 e. The van der Waals surface area contributed by atoms with Crippen LogP contribution in [-0.2, 0) is 10.5 Å². The molecule has 1 N–H and O–H groups in total. The lowest BCUT2D eigenvalue weighted by Gasteiger charge is -2.06. The van der Waals surface area contributed by atoms with Gasteiger partial charge in [-0.1, -0.05) is 54.2 Å². The van der Waals surface area contributed by atoms with Gasteiger partial charge < -0.3 is 4.74 Å². The number of rotatable bonds is 7. The average molecular weight is 382 g/mol. The number of nitrogens with zero attached hydrogens (tertiary/aromatic N) is 3. The van der Waals surface area contributed by atoms with E-state index in [0.29, 0.717) is 21.6 Å². The topological polar surface area (TPSA) is 87.9 Å². The van der Waals surface area contributed by atoms with E-state index in [2.05, 4.69) is 14.7 Å². The monoisotopic (exact) mass is 382 g/mol. The molecule has 0 atom stereocenters. The van der Waals surface area contributed by atoms with Gasteiger partial charge in [0.05, 0.1) is 5.56 Å². The molecule has 1 aromatic heterocycles. The van der Waals surface area contributed by atoms with E-state index in [-0.39, 0.29) is 12.5 Å². The molecule has 0 saturated carbocycles. The molecule has 3 rings (SSSR count). The van der Waals surface area contributed by atoms with Gasteiger partial charge in [-0.25, -0.2) is 0 Å². The van der Waals surface area contributed by atoms with Crippen LogP contribution in [0.4, 0.5) is 5.13 Å². The number of nitrogens with one attached hydrogen (secondary N) is 1. The Hall–Kier alpha value is -2.89. The summed E-state index contributed by atoms with van der Waals surface area (Å²) < 4.78 is 9.62. The molecule has 2 aromatic carbocycles. The maximum atomic E-state index is 12.0. The fourth-order valence-electron chi connectivity index (χ4n) is 2.03. The third-order valence-corrected chi connectivity index (χ3v) is 4.90. The molecule has 0 aliphatic rings. The summed E-state index contributed by atoms with van der Waals surface area (Å²) in [6, 6.07) is 18.8. The highest BCUT2D eigenvalue weighted by atomic mass is 32.2. The van der Waals surface area contributed by atoms with Gasteiger partial charge in [0.2, 0.25) is 10.3 Å². The van der Waals surface area contributed by atoms with E-state index in [4.69, 9.17) is 10.00 Å². The number of thioether (sulfide) groups is 1. The van der Waals surface area contributed by atoms with E-state index in [1.165, 1.54) is 17.3 Å². The van der Waals surface area contributed by atoms with Gasteiger partial charge in [0.15, 0.2) is 6.61 Å². The molecule has 0 fully saturated rings. The van der Waals surface area contributed by atoms with E-state index in [1.807, 2.05) is 36.4 Å². The molecule has 0 spiro atoms. The zero-order chi connectivity index (χ0) is 18.2. The van der Waals surface area contributed by atoms with Gasteiger partial charge in [-0.15, -0.1) is 0 Å². The summed E-state index contributed by atoms with van der Waals surface area (Å²) in [5.74, 6) is 0.786. The fourth-order valence-corrected chi connectivity index (χ4v) is 3.54. The Balaban J connectivity index is 1.49. The average Bonchev–Trinajstić information content (AvgIpc) is 3.13. The van der Waals surface area contributed by atoms with Crippen LogP contribution in [0.5, 0.6) is 5.75 Å². The summed E-state index contributed by atoms with van der Waals surface area (Å²) in [6.45, 7) is -0.204. The minimum Gasteiger partial charge on any atom is -0.482 e. The molecule has 0 radical (unpaired) electrons. The Morgan fingerprint density at radius 3 is 2.77 bits per heavy atom. The van der Waals surface area contributed by atoms with Crippen LogP contribution >= 0.6 is 23.3 Å². The first-order valence-electron chi connectivity index (χ1n) is 7.67. The first-order chi connectivity index (χ1) is 12.7. The fraction of sp³-hybridized carbons (Fsp3) is 0.111. The summed E-state index contributed by atoms with van der Waals surface area (Å²) in [5, 5.41) is 12.7. The molecule has 26 heavy (non-hydrogen) atoms. The summed E-state index contributed by atoms with van der Waals surface area (Å²) in [7, 11) is 0. The molecular weight excluding hydrogens is 368 g/mol. The number of carbonyl (C=O) groups is 1. The van der Waals surface area contributed by atoms with Crippen molar-refractivity contribution in [3.8, 4) is 11.8 Å². The smallest absolute Gasteiger partial charge is 0.264 e. The molecule has 0 aliphatic carbocycles. The van der Waals surface area contributed by atoms with Crippen molar-refractivity contribution >= 4 is 34.3 Å². The Labute approximate surface area is 159 Å². The first-order valence-corrected chi connectivity index (χ1v) is 9.42. The summed E-state index contributed by atoms with van der Waals surface area (Å²) >= 11 is 2.63. The Morgan fingerprint density at radius 2 is 1.96 bits per heavy atom. The number of hydrogen-bond donors (Lipinski definition) is 1. The number of benzene rings is 2. The van der Waals surface area contributed by atoms with E-state index in [0.717, 1.165) is 17.3 Å². The molecule has 0 bridgehead atoms. The predicted molar refractivity (Wildman–Crippen MR) is 101 cm³/mol. The van der Waals surface area contributed by atoms with Gasteiger partial charge in [-0.05, 0) is 17.7 Å². The number of amides is 1. The molecule has 8 heteroatoms. The normalized spacial score (nSPS) is 10.1. The second-order valence-electron chi connectivity index (χ2n) is 5.10. The molecule has 1 amide bonds. The molecule has 6 nitrogen and oxygen atoms in total. The number of aromatic nitrogens is 2. The van der Waals surface area contributed by atoms with Crippen molar-refractivity contribution in [2.45, 2.75) is 10.9 Å². The molecule has 3 aromatic rings. The molecule has 1 heterocycles. The lowest BCUT2D eigenvalue weighted by atomic mass is 10.2. The predicted octanol–water partition coefficient (Wildman–Crippen LogP) is 3.72. The van der Waals surface area contributed by atoms with E-state index in [1.54, 1.807) is 24.3 Å². The maximum Gasteiger partial charge on any atom is 0.264 e. The highest BCUT2D eigenvalue weighted by Crippen LogP contribution is 2.23. The van der Waals surface area contributed by atoms with Crippen LogP contribution in [0.15, 0.2) is 59.8 Å². The summed E-state index contributed by atoms with van der Waals surface area (Å²) in [4.78, 5) is 16.3. The van der Waals surface area contributed by atoms with Crippen molar-refractivity contribution in [1.82, 2.24) is 9.36 Å². The van der Waals surface area contributed by atoms with Crippen molar-refractivity contribution < 1.29 is 9.53 Å². The summed E-state index contributed by atoms with van der Waals surface area (Å²) in [5.41, 5.74) is 1.57. The van der Waals surface area contributed by atoms with Crippen LogP contribution in [0.3, 0.4) is 0 Å². The standard InChI is InChI=1S/C18H14N4O2S2/c19-10-14-8-4-5-9-15(14)24-11-16(23)20-17-21-18(22-26-17)25-12-13-6-2-1-3-7-13/h1-9H,11-12H2,(H,20,21,22,23). The third-order valence-electron chi connectivity index (χ3n) is 3.23. The second kappa shape index (κ2) is 8.99.